The molecule has 4 heteroatoms. The number of fused-ring (bicyclic) bond motifs is 1. The van der Waals surface area contributed by atoms with Crippen molar-refractivity contribution in [1.82, 2.24) is 14.6 Å². The number of nitrogens with two attached hydrogens (primary N) is 1. The van der Waals surface area contributed by atoms with E-state index in [1.807, 2.05) is 18.2 Å². The van der Waals surface area contributed by atoms with Gasteiger partial charge in [-0.3, -0.25) is 4.40 Å². The second-order valence-electron chi connectivity index (χ2n) is 4.94. The molecule has 0 aromatic carbocycles. The molecule has 1 fully saturated rings. The van der Waals surface area contributed by atoms with Gasteiger partial charge >= 0.3 is 0 Å². The predicted molar refractivity (Wildman–Crippen MR) is 66.7 cm³/mol. The summed E-state index contributed by atoms with van der Waals surface area (Å²) in [5.74, 6) is 2.39. The Kier molecular flexibility index (Phi) is 2.81. The molecule has 4 nitrogen and oxygen atoms in total. The van der Waals surface area contributed by atoms with Crippen molar-refractivity contribution in [2.24, 2.45) is 11.7 Å². The highest BCUT2D eigenvalue weighted by atomic mass is 15.2. The van der Waals surface area contributed by atoms with Crippen molar-refractivity contribution in [2.45, 2.75) is 31.6 Å². The van der Waals surface area contributed by atoms with Crippen molar-refractivity contribution in [1.29, 1.82) is 0 Å². The highest BCUT2D eigenvalue weighted by Crippen LogP contribution is 2.34. The SMILES string of the molecule is NCC1CCC(c2nnc3ccccn23)CC1. The molecule has 0 amide bonds. The summed E-state index contributed by atoms with van der Waals surface area (Å²) in [4.78, 5) is 0. The van der Waals surface area contributed by atoms with Gasteiger partial charge in [-0.1, -0.05) is 6.07 Å². The normalized spacial score (nSPS) is 25.2. The van der Waals surface area contributed by atoms with Gasteiger partial charge in [-0.25, -0.2) is 0 Å². The van der Waals surface area contributed by atoms with E-state index in [0.717, 1.165) is 18.0 Å². The molecule has 0 unspecified atom stereocenters. The Morgan fingerprint density at radius 1 is 1.18 bits per heavy atom. The van der Waals surface area contributed by atoms with Gasteiger partial charge in [0, 0.05) is 12.1 Å². The Hall–Kier alpha value is -1.42. The molecule has 0 bridgehead atoms. The van der Waals surface area contributed by atoms with Crippen LogP contribution in [0.2, 0.25) is 0 Å². The number of hydrogen-bond donors (Lipinski definition) is 1. The molecule has 2 aromatic rings. The summed E-state index contributed by atoms with van der Waals surface area (Å²) >= 11 is 0. The molecular formula is C13H18N4. The van der Waals surface area contributed by atoms with Crippen LogP contribution in [0.4, 0.5) is 0 Å². The van der Waals surface area contributed by atoms with Crippen LogP contribution in [-0.4, -0.2) is 21.1 Å². The van der Waals surface area contributed by atoms with E-state index in [1.54, 1.807) is 0 Å². The molecule has 0 spiro atoms. The summed E-state index contributed by atoms with van der Waals surface area (Å²) in [5.41, 5.74) is 6.67. The van der Waals surface area contributed by atoms with Crippen molar-refractivity contribution in [3.8, 4) is 0 Å². The highest BCUT2D eigenvalue weighted by molar-refractivity contribution is 5.37. The average Bonchev–Trinajstić information content (AvgIpc) is 2.83. The molecule has 0 radical (unpaired) electrons. The molecule has 2 heterocycles. The van der Waals surface area contributed by atoms with Crippen molar-refractivity contribution in [2.75, 3.05) is 6.54 Å². The summed E-state index contributed by atoms with van der Waals surface area (Å²) in [6.07, 6.45) is 6.89. The molecule has 1 aliphatic rings. The Morgan fingerprint density at radius 3 is 2.76 bits per heavy atom. The van der Waals surface area contributed by atoms with Gasteiger partial charge < -0.3 is 5.73 Å². The molecule has 0 atom stereocenters. The van der Waals surface area contributed by atoms with E-state index in [4.69, 9.17) is 5.73 Å². The van der Waals surface area contributed by atoms with E-state index in [-0.39, 0.29) is 0 Å². The smallest absolute Gasteiger partial charge is 0.160 e. The summed E-state index contributed by atoms with van der Waals surface area (Å²) in [7, 11) is 0. The molecule has 1 aliphatic carbocycles. The first-order valence-electron chi connectivity index (χ1n) is 6.38. The fourth-order valence-corrected chi connectivity index (χ4v) is 2.79. The zero-order valence-electron chi connectivity index (χ0n) is 9.92. The Balaban J connectivity index is 1.85. The van der Waals surface area contributed by atoms with Crippen molar-refractivity contribution in [3.05, 3.63) is 30.2 Å². The minimum absolute atomic E-state index is 0.551. The van der Waals surface area contributed by atoms with Gasteiger partial charge in [-0.05, 0) is 50.3 Å². The molecule has 1 saturated carbocycles. The largest absolute Gasteiger partial charge is 0.330 e. The first kappa shape index (κ1) is 10.7. The third-order valence-electron chi connectivity index (χ3n) is 3.89. The van der Waals surface area contributed by atoms with E-state index in [9.17, 15) is 0 Å². The van der Waals surface area contributed by atoms with Crippen LogP contribution in [0.5, 0.6) is 0 Å². The first-order valence-corrected chi connectivity index (χ1v) is 6.38. The molecule has 17 heavy (non-hydrogen) atoms. The van der Waals surface area contributed by atoms with Gasteiger partial charge in [-0.15, -0.1) is 10.2 Å². The second kappa shape index (κ2) is 4.45. The fourth-order valence-electron chi connectivity index (χ4n) is 2.79. The highest BCUT2D eigenvalue weighted by Gasteiger charge is 2.24. The van der Waals surface area contributed by atoms with Gasteiger partial charge in [-0.2, -0.15) is 0 Å². The van der Waals surface area contributed by atoms with Crippen molar-refractivity contribution < 1.29 is 0 Å². The number of aromatic nitrogens is 3. The second-order valence-corrected chi connectivity index (χ2v) is 4.94. The topological polar surface area (TPSA) is 56.2 Å². The maximum absolute atomic E-state index is 5.72. The lowest BCUT2D eigenvalue weighted by Gasteiger charge is -2.26. The van der Waals surface area contributed by atoms with Crippen LogP contribution in [0.15, 0.2) is 24.4 Å². The Bertz CT molecular complexity index is 497. The number of pyridine rings is 1. The molecule has 90 valence electrons. The number of rotatable bonds is 2. The van der Waals surface area contributed by atoms with Crippen LogP contribution >= 0.6 is 0 Å². The van der Waals surface area contributed by atoms with Crippen LogP contribution in [-0.2, 0) is 0 Å². The minimum atomic E-state index is 0.551. The van der Waals surface area contributed by atoms with Crippen LogP contribution < -0.4 is 5.73 Å². The molecular weight excluding hydrogens is 212 g/mol. The van der Waals surface area contributed by atoms with E-state index in [0.29, 0.717) is 11.8 Å². The summed E-state index contributed by atoms with van der Waals surface area (Å²) in [6, 6.07) is 6.03. The van der Waals surface area contributed by atoms with Crippen LogP contribution in [0.3, 0.4) is 0 Å². The average molecular weight is 230 g/mol. The maximum atomic E-state index is 5.72. The zero-order chi connectivity index (χ0) is 11.7. The van der Waals surface area contributed by atoms with Crippen LogP contribution in [0, 0.1) is 5.92 Å². The summed E-state index contributed by atoms with van der Waals surface area (Å²) < 4.78 is 2.12. The molecule has 0 aliphatic heterocycles. The lowest BCUT2D eigenvalue weighted by molar-refractivity contribution is 0.324. The van der Waals surface area contributed by atoms with Crippen LogP contribution in [0.25, 0.3) is 5.65 Å². The number of nitrogens with zero attached hydrogens (tertiary/aromatic N) is 3. The number of hydrogen-bond acceptors (Lipinski definition) is 3. The van der Waals surface area contributed by atoms with Crippen molar-refractivity contribution >= 4 is 5.65 Å². The standard InChI is InChI=1S/C13H18N4/c14-9-10-4-6-11(7-5-10)13-16-15-12-3-1-2-8-17(12)13/h1-3,8,10-11H,4-7,9,14H2. The molecule has 0 saturated heterocycles. The van der Waals surface area contributed by atoms with Gasteiger partial charge in [0.15, 0.2) is 5.65 Å². The van der Waals surface area contributed by atoms with Gasteiger partial charge in [0.25, 0.3) is 0 Å². The summed E-state index contributed by atoms with van der Waals surface area (Å²) in [5, 5.41) is 8.57. The lowest BCUT2D eigenvalue weighted by atomic mass is 9.81. The van der Waals surface area contributed by atoms with E-state index < -0.39 is 0 Å². The Morgan fingerprint density at radius 2 is 2.00 bits per heavy atom. The van der Waals surface area contributed by atoms with Gasteiger partial charge in [0.2, 0.25) is 0 Å². The third-order valence-corrected chi connectivity index (χ3v) is 3.89. The third kappa shape index (κ3) is 1.93. The first-order chi connectivity index (χ1) is 8.38. The summed E-state index contributed by atoms with van der Waals surface area (Å²) in [6.45, 7) is 0.827. The quantitative estimate of drug-likeness (QED) is 0.858. The monoisotopic (exact) mass is 230 g/mol. The van der Waals surface area contributed by atoms with Crippen LogP contribution in [0.1, 0.15) is 37.4 Å². The molecule has 3 rings (SSSR count). The van der Waals surface area contributed by atoms with E-state index in [1.165, 1.54) is 25.7 Å². The molecule has 2 aromatic heterocycles. The van der Waals surface area contributed by atoms with Crippen molar-refractivity contribution in [3.63, 3.8) is 0 Å². The predicted octanol–water partition coefficient (Wildman–Crippen LogP) is 1.96. The zero-order valence-corrected chi connectivity index (χ0v) is 9.92. The Labute approximate surface area is 101 Å². The lowest BCUT2D eigenvalue weighted by Crippen LogP contribution is -2.21. The van der Waals surface area contributed by atoms with E-state index >= 15 is 0 Å². The minimum Gasteiger partial charge on any atom is -0.330 e. The maximum Gasteiger partial charge on any atom is 0.160 e. The van der Waals surface area contributed by atoms with E-state index in [2.05, 4.69) is 20.8 Å². The van der Waals surface area contributed by atoms with Gasteiger partial charge in [0.1, 0.15) is 5.82 Å². The van der Waals surface area contributed by atoms with Gasteiger partial charge in [0.05, 0.1) is 0 Å². The fraction of sp³-hybridized carbons (Fsp3) is 0.538. The molecule has 2 N–H and O–H groups in total.